The third kappa shape index (κ3) is 3.94. The summed E-state index contributed by atoms with van der Waals surface area (Å²) in [5.41, 5.74) is 0.0271. The maximum atomic E-state index is 13.6. The lowest BCUT2D eigenvalue weighted by Crippen LogP contribution is -2.41. The second kappa shape index (κ2) is 8.47. The Morgan fingerprint density at radius 3 is 2.62 bits per heavy atom. The van der Waals surface area contributed by atoms with Crippen LogP contribution < -0.4 is 5.69 Å². The number of imidazole rings is 1. The minimum Gasteiger partial charge on any atom is -0.342 e. The lowest BCUT2D eigenvalue weighted by molar-refractivity contribution is -0.136. The van der Waals surface area contributed by atoms with Gasteiger partial charge in [0.1, 0.15) is 0 Å². The largest absolute Gasteiger partial charge is 0.418 e. The molecule has 1 fully saturated rings. The van der Waals surface area contributed by atoms with Gasteiger partial charge >= 0.3 is 11.9 Å². The van der Waals surface area contributed by atoms with Crippen LogP contribution in [-0.4, -0.2) is 38.4 Å². The van der Waals surface area contributed by atoms with Crippen molar-refractivity contribution < 1.29 is 18.0 Å². The first-order valence-electron chi connectivity index (χ1n) is 10.8. The number of nitrogens with one attached hydrogen (secondary N) is 1. The summed E-state index contributed by atoms with van der Waals surface area (Å²) >= 11 is 6.50. The quantitative estimate of drug-likeness (QED) is 0.443. The number of fused-ring (bicyclic) bond motifs is 2. The molecule has 0 radical (unpaired) electrons. The van der Waals surface area contributed by atoms with E-state index in [1.54, 1.807) is 23.2 Å². The molecule has 1 aliphatic rings. The van der Waals surface area contributed by atoms with Crippen molar-refractivity contribution in [3.8, 4) is 0 Å². The first-order chi connectivity index (χ1) is 16.2. The van der Waals surface area contributed by atoms with Crippen molar-refractivity contribution in [3.63, 3.8) is 0 Å². The molecule has 1 N–H and O–H groups in total. The number of aromatic amines is 1. The van der Waals surface area contributed by atoms with E-state index in [0.717, 1.165) is 17.0 Å². The van der Waals surface area contributed by atoms with Gasteiger partial charge in [0, 0.05) is 30.7 Å². The normalized spacial score (nSPS) is 15.4. The number of alkyl halides is 3. The van der Waals surface area contributed by atoms with Gasteiger partial charge in [-0.05, 0) is 48.7 Å². The lowest BCUT2D eigenvalue weighted by atomic mass is 10.0. The highest BCUT2D eigenvalue weighted by Gasteiger charge is 2.36. The molecular formula is C24H20ClF3N4O2. The summed E-state index contributed by atoms with van der Waals surface area (Å²) in [4.78, 5) is 34.0. The summed E-state index contributed by atoms with van der Waals surface area (Å²) in [6.07, 6.45) is -2.05. The minimum absolute atomic E-state index is 0.111. The molecule has 1 aliphatic heterocycles. The zero-order chi connectivity index (χ0) is 24.0. The van der Waals surface area contributed by atoms with Crippen molar-refractivity contribution >= 4 is 39.4 Å². The number of nitrogens with zero attached hydrogens (tertiary/aromatic N) is 3. The Bertz CT molecular complexity index is 1450. The summed E-state index contributed by atoms with van der Waals surface area (Å²) in [7, 11) is 0. The highest BCUT2D eigenvalue weighted by atomic mass is 35.5. The molecule has 0 bridgehead atoms. The predicted octanol–water partition coefficient (Wildman–Crippen LogP) is 4.96. The van der Waals surface area contributed by atoms with E-state index < -0.39 is 23.5 Å². The van der Waals surface area contributed by atoms with Gasteiger partial charge in [0.2, 0.25) is 5.91 Å². The number of H-pyrrole nitrogens is 1. The summed E-state index contributed by atoms with van der Waals surface area (Å²) in [5, 5.41) is 1.26. The third-order valence-corrected chi connectivity index (χ3v) is 6.81. The molecule has 1 saturated heterocycles. The number of amides is 1. The molecule has 0 aliphatic carbocycles. The van der Waals surface area contributed by atoms with Crippen LogP contribution >= 0.6 is 11.6 Å². The Kier molecular flexibility index (Phi) is 5.59. The van der Waals surface area contributed by atoms with Gasteiger partial charge in [-0.15, -0.1) is 0 Å². The van der Waals surface area contributed by atoms with Gasteiger partial charge in [-0.2, -0.15) is 13.2 Å². The smallest absolute Gasteiger partial charge is 0.342 e. The van der Waals surface area contributed by atoms with Gasteiger partial charge in [0.25, 0.3) is 0 Å². The lowest BCUT2D eigenvalue weighted by Gasteiger charge is -2.33. The van der Waals surface area contributed by atoms with Crippen LogP contribution in [0.1, 0.15) is 30.0 Å². The Morgan fingerprint density at radius 2 is 1.88 bits per heavy atom. The number of piperidine rings is 1. The van der Waals surface area contributed by atoms with E-state index in [0.29, 0.717) is 36.5 Å². The van der Waals surface area contributed by atoms with Crippen LogP contribution in [0.3, 0.4) is 0 Å². The van der Waals surface area contributed by atoms with Gasteiger partial charge < -0.3 is 9.88 Å². The number of para-hydroxylation sites is 1. The van der Waals surface area contributed by atoms with Gasteiger partial charge in [-0.1, -0.05) is 23.7 Å². The maximum Gasteiger partial charge on any atom is 0.418 e. The maximum absolute atomic E-state index is 13.6. The molecule has 1 amide bonds. The molecule has 2 aromatic carbocycles. The molecule has 4 aromatic rings. The average Bonchev–Trinajstić information content (AvgIpc) is 3.16. The molecule has 5 rings (SSSR count). The Morgan fingerprint density at radius 1 is 1.12 bits per heavy atom. The fraction of sp³-hybridized carbons (Fsp3) is 0.292. The fourth-order valence-corrected chi connectivity index (χ4v) is 4.99. The first kappa shape index (κ1) is 22.5. The number of halogens is 4. The molecule has 3 heterocycles. The molecule has 0 atom stereocenters. The summed E-state index contributed by atoms with van der Waals surface area (Å²) < 4.78 is 41.9. The monoisotopic (exact) mass is 488 g/mol. The van der Waals surface area contributed by atoms with Crippen molar-refractivity contribution in [1.29, 1.82) is 0 Å². The van der Waals surface area contributed by atoms with Crippen molar-refractivity contribution in [2.75, 3.05) is 13.1 Å². The van der Waals surface area contributed by atoms with Crippen LogP contribution in [0.15, 0.2) is 53.5 Å². The van der Waals surface area contributed by atoms with E-state index in [9.17, 15) is 22.8 Å². The number of carbonyl (C=O) groups is 1. The number of rotatable bonds is 3. The molecule has 0 saturated carbocycles. The molecule has 34 heavy (non-hydrogen) atoms. The second-order valence-corrected chi connectivity index (χ2v) is 8.78. The minimum atomic E-state index is -4.58. The van der Waals surface area contributed by atoms with Crippen LogP contribution in [0.25, 0.3) is 21.9 Å². The van der Waals surface area contributed by atoms with E-state index >= 15 is 0 Å². The Hall–Kier alpha value is -3.33. The zero-order valence-electron chi connectivity index (χ0n) is 17.9. The van der Waals surface area contributed by atoms with E-state index in [-0.39, 0.29) is 23.4 Å². The van der Waals surface area contributed by atoms with E-state index in [1.807, 2.05) is 12.1 Å². The SMILES string of the molecule is O=C(Cc1ccc2ncccc2c1Cl)N1CCC(n2c(=O)[nH]c3cccc(C(F)(F)F)c32)CC1. The Labute approximate surface area is 197 Å². The highest BCUT2D eigenvalue weighted by Crippen LogP contribution is 2.36. The predicted molar refractivity (Wildman–Crippen MR) is 123 cm³/mol. The molecule has 0 unspecified atom stereocenters. The van der Waals surface area contributed by atoms with E-state index in [4.69, 9.17) is 11.6 Å². The van der Waals surface area contributed by atoms with Gasteiger partial charge in [-0.3, -0.25) is 14.3 Å². The molecule has 0 spiro atoms. The number of aromatic nitrogens is 3. The standard InChI is InChI=1S/C24H20ClF3N4O2/c25-21-14(6-7-18-16(21)3-2-10-29-18)13-20(33)31-11-8-15(9-12-31)32-22-17(24(26,27)28)4-1-5-19(22)30-23(32)34/h1-7,10,15H,8-9,11-13H2,(H,30,34). The van der Waals surface area contributed by atoms with Crippen LogP contribution in [0, 0.1) is 0 Å². The van der Waals surface area contributed by atoms with Gasteiger partial charge in [0.05, 0.1) is 33.6 Å². The number of carbonyl (C=O) groups excluding carboxylic acids is 1. The molecule has 2 aromatic heterocycles. The fourth-order valence-electron chi connectivity index (χ4n) is 4.70. The van der Waals surface area contributed by atoms with Crippen molar-refractivity contribution in [3.05, 3.63) is 75.3 Å². The van der Waals surface area contributed by atoms with Crippen molar-refractivity contribution in [2.24, 2.45) is 0 Å². The summed E-state index contributed by atoms with van der Waals surface area (Å²) in [5.74, 6) is -0.120. The molecule has 176 valence electrons. The van der Waals surface area contributed by atoms with Crippen molar-refractivity contribution in [2.45, 2.75) is 31.5 Å². The zero-order valence-corrected chi connectivity index (χ0v) is 18.7. The Balaban J connectivity index is 1.34. The van der Waals surface area contributed by atoms with E-state index in [1.165, 1.54) is 16.7 Å². The number of likely N-dealkylation sites (tertiary alicyclic amines) is 1. The summed E-state index contributed by atoms with van der Waals surface area (Å²) in [6, 6.07) is 10.5. The van der Waals surface area contributed by atoms with Gasteiger partial charge in [-0.25, -0.2) is 4.79 Å². The first-order valence-corrected chi connectivity index (χ1v) is 11.2. The average molecular weight is 489 g/mol. The molecule has 6 nitrogen and oxygen atoms in total. The number of hydrogen-bond acceptors (Lipinski definition) is 3. The van der Waals surface area contributed by atoms with Crippen LogP contribution in [0.2, 0.25) is 5.02 Å². The number of pyridine rings is 1. The van der Waals surface area contributed by atoms with Gasteiger partial charge in [0.15, 0.2) is 0 Å². The highest BCUT2D eigenvalue weighted by molar-refractivity contribution is 6.36. The van der Waals surface area contributed by atoms with Crippen molar-refractivity contribution in [1.82, 2.24) is 19.4 Å². The molecular weight excluding hydrogens is 469 g/mol. The topological polar surface area (TPSA) is 71.0 Å². The summed E-state index contributed by atoms with van der Waals surface area (Å²) in [6.45, 7) is 0.674. The second-order valence-electron chi connectivity index (χ2n) is 8.40. The third-order valence-electron chi connectivity index (χ3n) is 6.37. The molecule has 10 heteroatoms. The number of benzene rings is 2. The van der Waals surface area contributed by atoms with Crippen LogP contribution in [0.5, 0.6) is 0 Å². The van der Waals surface area contributed by atoms with Crippen LogP contribution in [-0.2, 0) is 17.4 Å². The van der Waals surface area contributed by atoms with E-state index in [2.05, 4.69) is 9.97 Å². The van der Waals surface area contributed by atoms with Crippen LogP contribution in [0.4, 0.5) is 13.2 Å². The number of hydrogen-bond donors (Lipinski definition) is 1.